The lowest BCUT2D eigenvalue weighted by atomic mass is 9.46. The van der Waals surface area contributed by atoms with Gasteiger partial charge in [-0.1, -0.05) is 19.9 Å². The average Bonchev–Trinajstić information content (AvgIpc) is 2.87. The fourth-order valence-electron chi connectivity index (χ4n) is 6.48. The largest absolute Gasteiger partial charge is 0.388 e. The van der Waals surface area contributed by atoms with Crippen LogP contribution in [0.1, 0.15) is 39.5 Å². The van der Waals surface area contributed by atoms with Crippen molar-refractivity contribution < 1.29 is 29.4 Å². The molecule has 4 rings (SSSR count). The summed E-state index contributed by atoms with van der Waals surface area (Å²) in [6.45, 7) is 2.80. The predicted octanol–water partition coefficient (Wildman–Crippen LogP) is 0.945. The number of ketones is 4. The molecule has 4 aliphatic rings. The molecule has 6 nitrogen and oxygen atoms in total. The van der Waals surface area contributed by atoms with E-state index in [4.69, 9.17) is 0 Å². The van der Waals surface area contributed by atoms with E-state index in [0.29, 0.717) is 12.0 Å². The first kappa shape index (κ1) is 18.4. The van der Waals surface area contributed by atoms with Crippen molar-refractivity contribution in [2.45, 2.75) is 45.1 Å². The number of Topliss-reactive ketones (excluding diaryl/α,β-unsaturated/α-hetero) is 3. The molecule has 144 valence electrons. The quantitative estimate of drug-likeness (QED) is 0.747. The lowest BCUT2D eigenvalue weighted by Gasteiger charge is -2.56. The fourth-order valence-corrected chi connectivity index (χ4v) is 6.48. The van der Waals surface area contributed by atoms with Gasteiger partial charge in [-0.3, -0.25) is 19.2 Å². The Labute approximate surface area is 157 Å². The molecule has 3 fully saturated rings. The summed E-state index contributed by atoms with van der Waals surface area (Å²) in [5.41, 5.74) is -3.16. The van der Waals surface area contributed by atoms with Gasteiger partial charge in [-0.15, -0.1) is 0 Å². The van der Waals surface area contributed by atoms with Crippen LogP contribution >= 0.6 is 0 Å². The molecule has 0 saturated heterocycles. The Morgan fingerprint density at radius 2 is 1.96 bits per heavy atom. The number of rotatable bonds is 2. The maximum absolute atomic E-state index is 13.3. The maximum atomic E-state index is 13.3. The summed E-state index contributed by atoms with van der Waals surface area (Å²) in [4.78, 5) is 50.2. The highest BCUT2D eigenvalue weighted by Crippen LogP contribution is 2.65. The van der Waals surface area contributed by atoms with Crippen LogP contribution in [0.4, 0.5) is 0 Å². The molecular formula is C21H24O6. The van der Waals surface area contributed by atoms with Crippen molar-refractivity contribution in [2.24, 2.45) is 28.6 Å². The number of aliphatic hydroxyl groups excluding tert-OH is 1. The molecule has 0 aromatic carbocycles. The Kier molecular flexibility index (Phi) is 3.79. The minimum Gasteiger partial charge on any atom is -0.388 e. The van der Waals surface area contributed by atoms with Gasteiger partial charge in [0.1, 0.15) is 18.0 Å². The highest BCUT2D eigenvalue weighted by Gasteiger charge is 2.69. The van der Waals surface area contributed by atoms with Crippen molar-refractivity contribution >= 4 is 23.1 Å². The minimum atomic E-state index is -1.74. The van der Waals surface area contributed by atoms with Gasteiger partial charge in [0.2, 0.25) is 0 Å². The van der Waals surface area contributed by atoms with Crippen molar-refractivity contribution in [1.82, 2.24) is 0 Å². The van der Waals surface area contributed by atoms with E-state index in [-0.39, 0.29) is 48.4 Å². The van der Waals surface area contributed by atoms with Crippen LogP contribution in [0, 0.1) is 28.6 Å². The number of allylic oxidation sites excluding steroid dienone is 4. The summed E-state index contributed by atoms with van der Waals surface area (Å²) in [6.07, 6.45) is 5.33. The van der Waals surface area contributed by atoms with E-state index >= 15 is 0 Å². The second kappa shape index (κ2) is 5.55. The number of aliphatic hydroxyl groups is 2. The minimum absolute atomic E-state index is 0.0277. The number of fused-ring (bicyclic) bond motifs is 5. The molecule has 2 N–H and O–H groups in total. The third-order valence-corrected chi connectivity index (χ3v) is 7.85. The number of hydrogen-bond acceptors (Lipinski definition) is 6. The summed E-state index contributed by atoms with van der Waals surface area (Å²) >= 11 is 0. The van der Waals surface area contributed by atoms with Gasteiger partial charge in [0.15, 0.2) is 17.3 Å². The summed E-state index contributed by atoms with van der Waals surface area (Å²) in [5.74, 6) is -2.04. The third-order valence-electron chi connectivity index (χ3n) is 7.85. The highest BCUT2D eigenvalue weighted by molar-refractivity contribution is 6.11. The molecule has 3 saturated carbocycles. The Balaban J connectivity index is 1.81. The Hall–Kier alpha value is -1.92. The molecular weight excluding hydrogens is 348 g/mol. The van der Waals surface area contributed by atoms with Crippen LogP contribution in [0.5, 0.6) is 0 Å². The van der Waals surface area contributed by atoms with Gasteiger partial charge in [-0.05, 0) is 36.8 Å². The second-order valence-electron chi connectivity index (χ2n) is 8.99. The van der Waals surface area contributed by atoms with E-state index in [0.717, 1.165) is 0 Å². The van der Waals surface area contributed by atoms with Gasteiger partial charge < -0.3 is 10.2 Å². The monoisotopic (exact) mass is 372 g/mol. The summed E-state index contributed by atoms with van der Waals surface area (Å²) in [7, 11) is 0. The summed E-state index contributed by atoms with van der Waals surface area (Å²) in [6, 6.07) is 0. The van der Waals surface area contributed by atoms with Gasteiger partial charge in [-0.2, -0.15) is 0 Å². The maximum Gasteiger partial charge on any atom is 0.190 e. The van der Waals surface area contributed by atoms with E-state index in [1.165, 1.54) is 12.2 Å². The van der Waals surface area contributed by atoms with Crippen molar-refractivity contribution in [3.05, 3.63) is 23.8 Å². The van der Waals surface area contributed by atoms with Crippen LogP contribution in [-0.2, 0) is 19.2 Å². The highest BCUT2D eigenvalue weighted by atomic mass is 16.3. The van der Waals surface area contributed by atoms with Gasteiger partial charge in [-0.25, -0.2) is 0 Å². The first-order valence-corrected chi connectivity index (χ1v) is 9.46. The molecule has 0 amide bonds. The topological polar surface area (TPSA) is 109 Å². The van der Waals surface area contributed by atoms with Crippen molar-refractivity contribution in [1.29, 1.82) is 0 Å². The van der Waals surface area contributed by atoms with Gasteiger partial charge in [0.25, 0.3) is 0 Å². The molecule has 4 aliphatic carbocycles. The van der Waals surface area contributed by atoms with Crippen LogP contribution in [0.3, 0.4) is 0 Å². The Morgan fingerprint density at radius 1 is 1.26 bits per heavy atom. The van der Waals surface area contributed by atoms with Gasteiger partial charge in [0, 0.05) is 35.2 Å². The fraction of sp³-hybridized carbons (Fsp3) is 0.619. The number of hydrogen-bond donors (Lipinski definition) is 2. The molecule has 0 heterocycles. The second-order valence-corrected chi connectivity index (χ2v) is 8.99. The zero-order valence-corrected chi connectivity index (χ0v) is 15.5. The van der Waals surface area contributed by atoms with Gasteiger partial charge >= 0.3 is 0 Å². The van der Waals surface area contributed by atoms with Gasteiger partial charge in [0.05, 0.1) is 0 Å². The Morgan fingerprint density at radius 3 is 2.63 bits per heavy atom. The van der Waals surface area contributed by atoms with Crippen molar-refractivity contribution in [3.63, 3.8) is 0 Å². The third kappa shape index (κ3) is 2.14. The SMILES string of the molecule is C[C@]12C=CC(=O)C=C1C(=O)C[C@@H]1[C@@H]2C(=O)C[C@@]2(C)[C@H]1CC[C@]2(O)C(=O)CO. The van der Waals surface area contributed by atoms with E-state index in [9.17, 15) is 29.4 Å². The zero-order valence-electron chi connectivity index (χ0n) is 15.5. The molecule has 6 heteroatoms. The van der Waals surface area contributed by atoms with Crippen LogP contribution in [-0.4, -0.2) is 45.6 Å². The van der Waals surface area contributed by atoms with E-state index in [1.807, 2.05) is 6.92 Å². The van der Waals surface area contributed by atoms with Crippen LogP contribution in [0.2, 0.25) is 0 Å². The smallest absolute Gasteiger partial charge is 0.190 e. The molecule has 0 spiro atoms. The molecule has 0 aromatic heterocycles. The van der Waals surface area contributed by atoms with Crippen LogP contribution in [0.25, 0.3) is 0 Å². The number of carbonyl (C=O) groups is 4. The molecule has 0 aromatic rings. The molecule has 0 unspecified atom stereocenters. The van der Waals surface area contributed by atoms with E-state index in [2.05, 4.69) is 0 Å². The Bertz CT molecular complexity index is 838. The van der Waals surface area contributed by atoms with Crippen LogP contribution in [0.15, 0.2) is 23.8 Å². The lowest BCUT2D eigenvalue weighted by molar-refractivity contribution is -0.169. The molecule has 0 bridgehead atoms. The summed E-state index contributed by atoms with van der Waals surface area (Å²) < 4.78 is 0. The molecule has 6 atom stereocenters. The molecule has 0 radical (unpaired) electrons. The van der Waals surface area contributed by atoms with E-state index in [1.54, 1.807) is 13.0 Å². The van der Waals surface area contributed by atoms with Crippen LogP contribution < -0.4 is 0 Å². The standard InChI is InChI=1S/C21H24O6/c1-19-5-3-11(23)7-14(19)15(24)8-12-13-4-6-21(27,17(26)10-22)20(13,2)9-16(25)18(12)19/h3,5,7,12-13,18,22,27H,4,6,8-10H2,1-2H3/t12-,13-,18+,19-,20-,21-/m0/s1. The summed E-state index contributed by atoms with van der Waals surface area (Å²) in [5, 5.41) is 20.4. The predicted molar refractivity (Wildman–Crippen MR) is 94.4 cm³/mol. The molecule has 0 aliphatic heterocycles. The average molecular weight is 372 g/mol. The zero-order chi connectivity index (χ0) is 19.8. The number of carbonyl (C=O) groups excluding carboxylic acids is 4. The first-order valence-electron chi connectivity index (χ1n) is 9.46. The normalized spacial score (nSPS) is 45.9. The van der Waals surface area contributed by atoms with Crippen molar-refractivity contribution in [2.75, 3.05) is 6.61 Å². The lowest BCUT2D eigenvalue weighted by Crippen LogP contribution is -2.61. The van der Waals surface area contributed by atoms with E-state index < -0.39 is 34.7 Å². The molecule has 27 heavy (non-hydrogen) atoms. The van der Waals surface area contributed by atoms with Crippen molar-refractivity contribution in [3.8, 4) is 0 Å². The first-order chi connectivity index (χ1) is 12.6.